The summed E-state index contributed by atoms with van der Waals surface area (Å²) in [5.41, 5.74) is 12.5. The van der Waals surface area contributed by atoms with Gasteiger partial charge < -0.3 is 24.8 Å². The van der Waals surface area contributed by atoms with Crippen molar-refractivity contribution >= 4 is 28.0 Å². The van der Waals surface area contributed by atoms with Gasteiger partial charge in [-0.3, -0.25) is 12.2 Å². The van der Waals surface area contributed by atoms with E-state index in [2.05, 4.69) is 314 Å². The summed E-state index contributed by atoms with van der Waals surface area (Å²) >= 11 is 2.92. The molecule has 0 atom stereocenters. The fourth-order valence-electron chi connectivity index (χ4n) is 8.44. The number of hydrogen-bond donors (Lipinski definition) is 0. The molecule has 0 radical (unpaired) electrons. The molecule has 0 aromatic heterocycles. The molecule has 8 aromatic rings. The maximum atomic E-state index is 3.34. The Bertz CT molecular complexity index is 2690. The molecule has 4 heteroatoms. The fourth-order valence-corrected chi connectivity index (χ4v) is 10.1. The molecule has 380 valence electrons. The van der Waals surface area contributed by atoms with Crippen LogP contribution in [-0.4, -0.2) is 6.41 Å². The van der Waals surface area contributed by atoms with E-state index in [-0.39, 0.29) is 35.6 Å². The van der Waals surface area contributed by atoms with E-state index in [0.29, 0.717) is 10.8 Å². The van der Waals surface area contributed by atoms with Crippen molar-refractivity contribution in [3.63, 3.8) is 0 Å². The van der Waals surface area contributed by atoms with E-state index < -0.39 is 0 Å². The summed E-state index contributed by atoms with van der Waals surface area (Å²) in [4.78, 5) is 0. The van der Waals surface area contributed by atoms with Gasteiger partial charge in [0, 0.05) is 0 Å². The number of halogens is 2. The van der Waals surface area contributed by atoms with Crippen LogP contribution < -0.4 is 24.8 Å². The third-order valence-corrected chi connectivity index (χ3v) is 15.3. The number of rotatable bonds is 4. The van der Waals surface area contributed by atoms with Crippen molar-refractivity contribution in [2.24, 2.45) is 21.7 Å². The Morgan fingerprint density at radius 3 is 0.838 bits per heavy atom. The fraction of sp³-hybridized carbons (Fsp3) is 0.257. The second-order valence-electron chi connectivity index (χ2n) is 22.4. The van der Waals surface area contributed by atoms with Gasteiger partial charge in [0.2, 0.25) is 0 Å². The number of allylic oxidation sites excluding steroid dienone is 8. The van der Waals surface area contributed by atoms with E-state index in [4.69, 9.17) is 0 Å². The first-order chi connectivity index (χ1) is 34.1. The summed E-state index contributed by atoms with van der Waals surface area (Å²) in [5.74, 6) is 0. The largest absolute Gasteiger partial charge is 0.168 e. The Labute approximate surface area is 489 Å². The Morgan fingerprint density at radius 2 is 0.608 bits per heavy atom. The van der Waals surface area contributed by atoms with Crippen LogP contribution in [0.4, 0.5) is 0 Å². The van der Waals surface area contributed by atoms with Gasteiger partial charge in [-0.05, 0) is 10.8 Å². The summed E-state index contributed by atoms with van der Waals surface area (Å²) in [5, 5.41) is 5.32. The molecule has 0 aliphatic heterocycles. The van der Waals surface area contributed by atoms with Crippen molar-refractivity contribution in [1.82, 2.24) is 0 Å². The number of fused-ring (bicyclic) bond motifs is 2. The van der Waals surface area contributed by atoms with Crippen LogP contribution in [0, 0.1) is 33.8 Å². The summed E-state index contributed by atoms with van der Waals surface area (Å²) in [7, 11) is 0. The summed E-state index contributed by atoms with van der Waals surface area (Å²) in [6.07, 6.45) is 13.1. The maximum absolute atomic E-state index is 3.34. The van der Waals surface area contributed by atoms with Crippen molar-refractivity contribution in [1.29, 1.82) is 0 Å². The first-order valence-corrected chi connectivity index (χ1v) is 27.8. The first kappa shape index (κ1) is 63.9. The Morgan fingerprint density at radius 1 is 0.351 bits per heavy atom. The zero-order chi connectivity index (χ0) is 52.4. The molecule has 0 nitrogen and oxygen atoms in total. The smallest absolute Gasteiger partial charge is 0.0809 e. The molecule has 0 saturated heterocycles. The van der Waals surface area contributed by atoms with Crippen LogP contribution in [-0.2, 0) is 48.5 Å². The van der Waals surface area contributed by atoms with Crippen molar-refractivity contribution in [3.05, 3.63) is 275 Å². The van der Waals surface area contributed by atoms with Crippen molar-refractivity contribution < 1.29 is 73.3 Å². The summed E-state index contributed by atoms with van der Waals surface area (Å²) in [6.45, 7) is 27.4. The molecule has 2 aliphatic carbocycles. The van der Waals surface area contributed by atoms with Gasteiger partial charge in [-0.25, -0.2) is 12.2 Å². The van der Waals surface area contributed by atoms with E-state index in [1.165, 1.54) is 110 Å². The second kappa shape index (κ2) is 30.4. The molecule has 0 unspecified atom stereocenters. The van der Waals surface area contributed by atoms with Gasteiger partial charge in [-0.2, -0.15) is 57.3 Å². The first-order valence-electron chi connectivity index (χ1n) is 25.4. The van der Waals surface area contributed by atoms with E-state index in [1.807, 2.05) is 0 Å². The average molecular weight is 1170 g/mol. The predicted octanol–water partition coefficient (Wildman–Crippen LogP) is 13.0. The van der Waals surface area contributed by atoms with Gasteiger partial charge in [0.25, 0.3) is 0 Å². The summed E-state index contributed by atoms with van der Waals surface area (Å²) in [6, 6.07) is 71.6. The topological polar surface area (TPSA) is 0 Å². The van der Waals surface area contributed by atoms with Gasteiger partial charge in [0.15, 0.2) is 0 Å². The molecule has 0 fully saturated rings. The minimum absolute atomic E-state index is 0. The molecule has 0 amide bonds. The monoisotopic (exact) mass is 1170 g/mol. The van der Waals surface area contributed by atoms with Crippen LogP contribution in [0.1, 0.15) is 118 Å². The van der Waals surface area contributed by atoms with E-state index >= 15 is 0 Å². The number of benzene rings is 6. The number of hydrogen-bond acceptors (Lipinski definition) is 0. The standard InChI is InChI=1S/2C13H10.2C13H21.2C9H7.2ClH.2Zr/c2*1-3-7-12(8-4-1)11-13-9-5-2-6-10-13;2*1-12(2,3)10-8-7-9-11(10)13(4,5)6;2*1-2-5-9-7-3-6-8(9)4-1;;;;/h2*1-10H;2*8H,9H2,1-6H3;2*1-7H;2*1H;;/q;;4*-1;;;2*+2/p-2. The van der Waals surface area contributed by atoms with Crippen molar-refractivity contribution in [3.8, 4) is 0 Å². The average Bonchev–Trinajstić information content (AvgIpc) is 4.23. The molecule has 2 aliphatic rings. The third kappa shape index (κ3) is 20.3. The molecule has 74 heavy (non-hydrogen) atoms. The molecule has 0 N–H and O–H groups in total. The molecule has 10 rings (SSSR count). The second-order valence-corrected chi connectivity index (χ2v) is 24.8. The third-order valence-electron chi connectivity index (χ3n) is 12.5. The molecule has 0 spiro atoms. The van der Waals surface area contributed by atoms with E-state index in [0.717, 1.165) is 12.8 Å². The normalized spacial score (nSPS) is 12.8. The summed E-state index contributed by atoms with van der Waals surface area (Å²) < 4.78 is 2.83. The van der Waals surface area contributed by atoms with Crippen LogP contribution >= 0.6 is 0 Å². The van der Waals surface area contributed by atoms with Crippen LogP contribution in [0.25, 0.3) is 21.5 Å². The zero-order valence-electron chi connectivity index (χ0n) is 46.0. The quantitative estimate of drug-likeness (QED) is 0.154. The van der Waals surface area contributed by atoms with Gasteiger partial charge >= 0.3 is 198 Å². The Balaban J connectivity index is 0.000000234. The van der Waals surface area contributed by atoms with Gasteiger partial charge in [0.1, 0.15) is 0 Å². The van der Waals surface area contributed by atoms with Crippen molar-refractivity contribution in [2.45, 2.75) is 95.9 Å². The minimum Gasteiger partial charge on any atom is -0.168 e. The van der Waals surface area contributed by atoms with E-state index in [1.54, 1.807) is 11.1 Å². The minimum atomic E-state index is 0. The SMILES string of the molecule is CC(C)(C)C1=C(C(C)(C)C)C[C-]=C1.CC(C)(C)C1=C(C(C)(C)C)C[C-]=C1.[Cl-].[Cl-].[Zr+2]=[C](c1ccccc1)c1ccccc1.[Zr+2]=[C](c1ccccc1)c1ccccc1.c1ccc2[cH-]ccc2c1.c1ccc2[cH-]ccc2c1. The maximum Gasteiger partial charge on any atom is -0.0809 e. The van der Waals surface area contributed by atoms with Gasteiger partial charge in [-0.1, -0.05) is 106 Å². The van der Waals surface area contributed by atoms with Crippen LogP contribution in [0.2, 0.25) is 0 Å². The molecule has 0 heterocycles. The molecular formula is C70H76Cl2Zr2-2. The van der Waals surface area contributed by atoms with Crippen LogP contribution in [0.15, 0.2) is 241 Å². The Kier molecular flexibility index (Phi) is 26.2. The van der Waals surface area contributed by atoms with E-state index in [9.17, 15) is 0 Å². The molecular weight excluding hydrogens is 1090 g/mol. The molecule has 8 aromatic carbocycles. The Hall–Kier alpha value is -4.41. The van der Waals surface area contributed by atoms with Crippen LogP contribution in [0.3, 0.4) is 0 Å². The zero-order valence-corrected chi connectivity index (χ0v) is 52.4. The molecule has 0 bridgehead atoms. The van der Waals surface area contributed by atoms with Crippen molar-refractivity contribution in [2.75, 3.05) is 0 Å². The van der Waals surface area contributed by atoms with Crippen LogP contribution in [0.5, 0.6) is 0 Å². The molecule has 0 saturated carbocycles. The predicted molar refractivity (Wildman–Crippen MR) is 308 cm³/mol. The van der Waals surface area contributed by atoms with Gasteiger partial charge in [0.05, 0.1) is 0 Å². The van der Waals surface area contributed by atoms with Gasteiger partial charge in [-0.15, -0.1) is 72.1 Å².